The van der Waals surface area contributed by atoms with Crippen molar-refractivity contribution in [2.75, 3.05) is 13.7 Å². The quantitative estimate of drug-likeness (QED) is 0.680. The number of aromatic amines is 1. The van der Waals surface area contributed by atoms with Crippen molar-refractivity contribution < 1.29 is 19.1 Å². The Hall–Kier alpha value is -2.80. The first-order valence-corrected chi connectivity index (χ1v) is 12.3. The third-order valence-corrected chi connectivity index (χ3v) is 9.39. The lowest BCUT2D eigenvalue weighted by atomic mass is 9.50. The van der Waals surface area contributed by atoms with Crippen molar-refractivity contribution in [1.29, 1.82) is 0 Å². The SMILES string of the molecule is CO[C@@H]1c2c([nH]c3c4c(ccc23)OC(C)(C)C=C4)C(C)(C)[C@@H]2C[C@@]34CCCN3C(=O)[C@@]12NC4=O. The first kappa shape index (κ1) is 20.6. The van der Waals surface area contributed by atoms with Crippen molar-refractivity contribution in [1.82, 2.24) is 15.2 Å². The molecule has 7 nitrogen and oxygen atoms in total. The van der Waals surface area contributed by atoms with E-state index in [1.165, 1.54) is 0 Å². The minimum Gasteiger partial charge on any atom is -0.483 e. The lowest BCUT2D eigenvalue weighted by Gasteiger charge is -2.65. The van der Waals surface area contributed by atoms with E-state index < -0.39 is 17.2 Å². The van der Waals surface area contributed by atoms with Gasteiger partial charge in [-0.1, -0.05) is 13.8 Å². The van der Waals surface area contributed by atoms with Gasteiger partial charge >= 0.3 is 0 Å². The first-order valence-electron chi connectivity index (χ1n) is 12.3. The summed E-state index contributed by atoms with van der Waals surface area (Å²) in [5, 5.41) is 4.27. The van der Waals surface area contributed by atoms with Crippen molar-refractivity contribution in [3.63, 3.8) is 0 Å². The predicted octanol–water partition coefficient (Wildman–Crippen LogP) is 3.58. The molecule has 0 radical (unpaired) electrons. The molecular weight excluding hydrogens is 430 g/mol. The smallest absolute Gasteiger partial charge is 0.252 e. The molecule has 2 N–H and O–H groups in total. The van der Waals surface area contributed by atoms with E-state index in [0.717, 1.165) is 46.3 Å². The van der Waals surface area contributed by atoms with Crippen LogP contribution in [0.5, 0.6) is 5.75 Å². The molecule has 34 heavy (non-hydrogen) atoms. The molecule has 6 heterocycles. The number of piperidine rings is 2. The Morgan fingerprint density at radius 3 is 2.74 bits per heavy atom. The van der Waals surface area contributed by atoms with Gasteiger partial charge < -0.3 is 24.7 Å². The molecule has 4 fully saturated rings. The number of nitrogens with zero attached hydrogens (tertiary/aromatic N) is 1. The number of ether oxygens (including phenoxy) is 2. The zero-order valence-corrected chi connectivity index (χ0v) is 20.4. The lowest BCUT2D eigenvalue weighted by molar-refractivity contribution is -0.193. The molecule has 4 atom stereocenters. The minimum absolute atomic E-state index is 0.0158. The molecule has 6 aliphatic rings. The van der Waals surface area contributed by atoms with Crippen LogP contribution in [0.1, 0.15) is 69.9 Å². The van der Waals surface area contributed by atoms with Gasteiger partial charge in [0.15, 0.2) is 5.54 Å². The number of fused-ring (bicyclic) bond motifs is 6. The van der Waals surface area contributed by atoms with Crippen molar-refractivity contribution in [2.45, 2.75) is 75.2 Å². The van der Waals surface area contributed by atoms with Crippen LogP contribution in [0.2, 0.25) is 0 Å². The van der Waals surface area contributed by atoms with Gasteiger partial charge in [0.1, 0.15) is 23.0 Å². The largest absolute Gasteiger partial charge is 0.483 e. The fraction of sp³-hybridized carbons (Fsp3) is 0.556. The number of piperazine rings is 1. The summed E-state index contributed by atoms with van der Waals surface area (Å²) < 4.78 is 12.4. The number of amides is 2. The second kappa shape index (κ2) is 5.88. The Labute approximate surface area is 198 Å². The zero-order chi connectivity index (χ0) is 23.8. The molecule has 2 bridgehead atoms. The normalized spacial score (nSPS) is 36.0. The lowest BCUT2D eigenvalue weighted by Crippen LogP contribution is -2.85. The van der Waals surface area contributed by atoms with E-state index in [9.17, 15) is 9.59 Å². The molecule has 178 valence electrons. The highest BCUT2D eigenvalue weighted by Crippen LogP contribution is 2.63. The zero-order valence-electron chi connectivity index (χ0n) is 20.4. The molecule has 8 rings (SSSR count). The molecule has 1 aromatic carbocycles. The Balaban J connectivity index is 1.51. The summed E-state index contributed by atoms with van der Waals surface area (Å²) in [6.45, 7) is 9.14. The summed E-state index contributed by atoms with van der Waals surface area (Å²) in [5.41, 5.74) is 1.50. The highest BCUT2D eigenvalue weighted by Gasteiger charge is 2.76. The minimum atomic E-state index is -1.10. The average molecular weight is 462 g/mol. The highest BCUT2D eigenvalue weighted by atomic mass is 16.5. The topological polar surface area (TPSA) is 83.7 Å². The molecule has 5 aliphatic heterocycles. The summed E-state index contributed by atoms with van der Waals surface area (Å²) in [4.78, 5) is 33.3. The fourth-order valence-corrected chi connectivity index (χ4v) is 7.84. The number of carbonyl (C=O) groups is 2. The number of carbonyl (C=O) groups excluding carboxylic acids is 2. The number of rotatable bonds is 1. The maximum absolute atomic E-state index is 14.2. The van der Waals surface area contributed by atoms with E-state index in [2.05, 4.69) is 42.4 Å². The Morgan fingerprint density at radius 1 is 1.18 bits per heavy atom. The maximum Gasteiger partial charge on any atom is 0.252 e. The second-order valence-corrected chi connectivity index (χ2v) is 11.9. The molecule has 1 aromatic heterocycles. The van der Waals surface area contributed by atoms with Crippen LogP contribution in [0, 0.1) is 5.92 Å². The average Bonchev–Trinajstić information content (AvgIpc) is 3.38. The number of hydrogen-bond acceptors (Lipinski definition) is 4. The molecular formula is C27H31N3O4. The van der Waals surface area contributed by atoms with Crippen molar-refractivity contribution >= 4 is 28.8 Å². The van der Waals surface area contributed by atoms with Gasteiger partial charge in [0.05, 0.1) is 5.52 Å². The fourth-order valence-electron chi connectivity index (χ4n) is 7.84. The number of methoxy groups -OCH3 is 1. The van der Waals surface area contributed by atoms with Crippen LogP contribution in [0.15, 0.2) is 18.2 Å². The van der Waals surface area contributed by atoms with Crippen LogP contribution in [0.25, 0.3) is 17.0 Å². The molecule has 0 unspecified atom stereocenters. The van der Waals surface area contributed by atoms with E-state index in [1.807, 2.05) is 24.8 Å². The number of aromatic nitrogens is 1. The Bertz CT molecular complexity index is 1340. The summed E-state index contributed by atoms with van der Waals surface area (Å²) in [5.74, 6) is 0.763. The van der Waals surface area contributed by atoms with Gasteiger partial charge in [0.2, 0.25) is 5.91 Å². The summed E-state index contributed by atoms with van der Waals surface area (Å²) >= 11 is 0. The van der Waals surface area contributed by atoms with Crippen molar-refractivity contribution in [3.8, 4) is 5.75 Å². The monoisotopic (exact) mass is 461 g/mol. The van der Waals surface area contributed by atoms with Gasteiger partial charge in [-0.05, 0) is 57.4 Å². The second-order valence-electron chi connectivity index (χ2n) is 11.9. The Morgan fingerprint density at radius 2 is 1.97 bits per heavy atom. The van der Waals surface area contributed by atoms with Gasteiger partial charge in [-0.2, -0.15) is 0 Å². The molecule has 2 aromatic rings. The van der Waals surface area contributed by atoms with Crippen LogP contribution < -0.4 is 10.1 Å². The summed E-state index contributed by atoms with van der Waals surface area (Å²) in [7, 11) is 1.65. The predicted molar refractivity (Wildman–Crippen MR) is 127 cm³/mol. The van der Waals surface area contributed by atoms with E-state index in [4.69, 9.17) is 9.47 Å². The van der Waals surface area contributed by atoms with E-state index in [-0.39, 0.29) is 28.7 Å². The van der Waals surface area contributed by atoms with E-state index in [1.54, 1.807) is 7.11 Å². The maximum atomic E-state index is 14.2. The third kappa shape index (κ3) is 2.06. The molecule has 1 aliphatic carbocycles. The van der Waals surface area contributed by atoms with Crippen molar-refractivity contribution in [3.05, 3.63) is 35.0 Å². The molecule has 4 saturated heterocycles. The Kier molecular flexibility index (Phi) is 3.55. The van der Waals surface area contributed by atoms with Gasteiger partial charge in [0, 0.05) is 47.2 Å². The summed E-state index contributed by atoms with van der Waals surface area (Å²) in [6.07, 6.45) is 5.88. The van der Waals surface area contributed by atoms with Crippen LogP contribution in [-0.2, 0) is 19.7 Å². The van der Waals surface area contributed by atoms with Crippen LogP contribution >= 0.6 is 0 Å². The number of hydrogen-bond donors (Lipinski definition) is 2. The number of benzene rings is 1. The number of nitrogens with one attached hydrogen (secondary N) is 2. The first-order chi connectivity index (χ1) is 16.1. The molecule has 0 saturated carbocycles. The molecule has 2 amide bonds. The molecule has 2 spiro atoms. The van der Waals surface area contributed by atoms with Gasteiger partial charge in [-0.25, -0.2) is 0 Å². The highest BCUT2D eigenvalue weighted by molar-refractivity contribution is 6.07. The third-order valence-electron chi connectivity index (χ3n) is 9.39. The summed E-state index contributed by atoms with van der Waals surface area (Å²) in [6, 6.07) is 4.07. The van der Waals surface area contributed by atoms with Crippen LogP contribution in [-0.4, -0.2) is 52.0 Å². The van der Waals surface area contributed by atoms with Gasteiger partial charge in [0.25, 0.3) is 5.91 Å². The standard InChI is InChI=1S/C27H31N3O4/c1-24(2)11-9-14-16(34-24)8-7-15-18-20(28-19(14)15)25(3,4)17-13-26-10-6-12-30(26)23(32)27(17,21(18)33-5)29-22(26)31/h7-9,11,17,21,28H,6,10,12-13H2,1-5H3,(H,29,31)/t17-,21+,26+,27-/m0/s1. The van der Waals surface area contributed by atoms with E-state index >= 15 is 0 Å². The van der Waals surface area contributed by atoms with Gasteiger partial charge in [-0.15, -0.1) is 0 Å². The van der Waals surface area contributed by atoms with Crippen molar-refractivity contribution in [2.24, 2.45) is 5.92 Å². The van der Waals surface area contributed by atoms with Crippen LogP contribution in [0.4, 0.5) is 0 Å². The van der Waals surface area contributed by atoms with E-state index in [0.29, 0.717) is 13.0 Å². The van der Waals surface area contributed by atoms with Gasteiger partial charge in [-0.3, -0.25) is 9.59 Å². The number of H-pyrrole nitrogens is 1. The molecule has 7 heteroatoms. The van der Waals surface area contributed by atoms with Crippen LogP contribution in [0.3, 0.4) is 0 Å².